The van der Waals surface area contributed by atoms with E-state index in [-0.39, 0.29) is 12.5 Å². The summed E-state index contributed by atoms with van der Waals surface area (Å²) in [5.41, 5.74) is 0.956. The Morgan fingerprint density at radius 1 is 1.12 bits per heavy atom. The van der Waals surface area contributed by atoms with Gasteiger partial charge in [0.15, 0.2) is 5.25 Å². The number of benzene rings is 2. The summed E-state index contributed by atoms with van der Waals surface area (Å²) in [5.74, 6) is -0.270. The fraction of sp³-hybridized carbons (Fsp3) is 0.348. The lowest BCUT2D eigenvalue weighted by molar-refractivity contribution is -0.134. The summed E-state index contributed by atoms with van der Waals surface area (Å²) in [6.07, 6.45) is 1.87. The molecule has 1 fully saturated rings. The zero-order valence-corrected chi connectivity index (χ0v) is 19.9. The first-order valence-electron chi connectivity index (χ1n) is 10.5. The highest BCUT2D eigenvalue weighted by Gasteiger charge is 2.41. The lowest BCUT2D eigenvalue weighted by Gasteiger charge is -2.34. The van der Waals surface area contributed by atoms with Crippen LogP contribution >= 0.6 is 23.4 Å². The number of fused-ring (bicyclic) bond motifs is 1. The fourth-order valence-corrected chi connectivity index (χ4v) is 5.36. The third-order valence-electron chi connectivity index (χ3n) is 5.58. The molecule has 174 valence electrons. The average molecular weight is 490 g/mol. The van der Waals surface area contributed by atoms with Crippen molar-refractivity contribution in [2.45, 2.75) is 23.0 Å². The minimum absolute atomic E-state index is 0.203. The number of rotatable bonds is 6. The van der Waals surface area contributed by atoms with Gasteiger partial charge in [0, 0.05) is 24.1 Å². The summed E-state index contributed by atoms with van der Waals surface area (Å²) in [5, 5.41) is 2.15. The maximum Gasteiger partial charge on any atom is 0.250 e. The maximum absolute atomic E-state index is 13.4. The van der Waals surface area contributed by atoms with Gasteiger partial charge >= 0.3 is 0 Å². The van der Waals surface area contributed by atoms with Gasteiger partial charge in [-0.05, 0) is 31.0 Å². The van der Waals surface area contributed by atoms with E-state index in [2.05, 4.69) is 5.32 Å². The van der Waals surface area contributed by atoms with Crippen molar-refractivity contribution in [1.82, 2.24) is 4.90 Å². The van der Waals surface area contributed by atoms with E-state index in [9.17, 15) is 14.4 Å². The Kier molecular flexibility index (Phi) is 6.99. The Labute approximate surface area is 201 Å². The zero-order valence-electron chi connectivity index (χ0n) is 18.3. The normalized spacial score (nSPS) is 17.5. The Bertz CT molecular complexity index is 1090. The number of hydrogen-bond donors (Lipinski definition) is 1. The first-order chi connectivity index (χ1) is 15.9. The number of carbonyl (C=O) groups excluding carboxylic acids is 3. The summed E-state index contributed by atoms with van der Waals surface area (Å²) in [4.78, 5) is 43.2. The molecule has 2 aromatic rings. The molecule has 33 heavy (non-hydrogen) atoms. The van der Waals surface area contributed by atoms with Gasteiger partial charge in [-0.1, -0.05) is 23.7 Å². The van der Waals surface area contributed by atoms with Crippen LogP contribution in [-0.4, -0.2) is 61.7 Å². The van der Waals surface area contributed by atoms with Gasteiger partial charge in [-0.25, -0.2) is 0 Å². The molecule has 4 rings (SSSR count). The lowest BCUT2D eigenvalue weighted by Crippen LogP contribution is -2.51. The van der Waals surface area contributed by atoms with Crippen LogP contribution < -0.4 is 19.7 Å². The van der Waals surface area contributed by atoms with Crippen LogP contribution in [0.4, 0.5) is 11.4 Å². The number of methoxy groups -OCH3 is 2. The number of anilines is 2. The second kappa shape index (κ2) is 9.93. The molecule has 3 amide bonds. The number of nitrogens with zero attached hydrogens (tertiary/aromatic N) is 2. The van der Waals surface area contributed by atoms with Crippen molar-refractivity contribution in [3.8, 4) is 11.5 Å². The molecule has 0 radical (unpaired) electrons. The average Bonchev–Trinajstić information content (AvgIpc) is 3.35. The van der Waals surface area contributed by atoms with E-state index in [1.807, 2.05) is 12.1 Å². The third kappa shape index (κ3) is 4.74. The van der Waals surface area contributed by atoms with E-state index < -0.39 is 17.1 Å². The Hall–Kier alpha value is -2.91. The summed E-state index contributed by atoms with van der Waals surface area (Å²) >= 11 is 7.44. The minimum Gasteiger partial charge on any atom is -0.495 e. The first kappa shape index (κ1) is 23.3. The largest absolute Gasteiger partial charge is 0.495 e. The van der Waals surface area contributed by atoms with Crippen molar-refractivity contribution in [3.63, 3.8) is 0 Å². The predicted octanol–water partition coefficient (Wildman–Crippen LogP) is 3.43. The Balaban J connectivity index is 1.57. The van der Waals surface area contributed by atoms with Crippen molar-refractivity contribution in [1.29, 1.82) is 0 Å². The number of halogens is 1. The number of likely N-dealkylation sites (tertiary alicyclic amines) is 1. The Morgan fingerprint density at radius 3 is 2.52 bits per heavy atom. The number of nitrogens with one attached hydrogen (secondary N) is 1. The number of hydrogen-bond acceptors (Lipinski definition) is 6. The second-order valence-corrected chi connectivity index (χ2v) is 9.21. The molecule has 0 aliphatic carbocycles. The van der Waals surface area contributed by atoms with Gasteiger partial charge in [-0.3, -0.25) is 14.4 Å². The zero-order chi connectivity index (χ0) is 23.5. The summed E-state index contributed by atoms with van der Waals surface area (Å²) < 4.78 is 10.5. The van der Waals surface area contributed by atoms with Gasteiger partial charge in [0.05, 0.1) is 30.6 Å². The number of carbonyl (C=O) groups is 3. The van der Waals surface area contributed by atoms with E-state index in [0.29, 0.717) is 41.0 Å². The fourth-order valence-electron chi connectivity index (χ4n) is 3.93. The van der Waals surface area contributed by atoms with Crippen LogP contribution in [0.25, 0.3) is 0 Å². The van der Waals surface area contributed by atoms with E-state index in [1.165, 1.54) is 36.9 Å². The van der Waals surface area contributed by atoms with Crippen LogP contribution in [0.5, 0.6) is 11.5 Å². The summed E-state index contributed by atoms with van der Waals surface area (Å²) in [7, 11) is 2.95. The van der Waals surface area contributed by atoms with Gasteiger partial charge in [-0.2, -0.15) is 0 Å². The van der Waals surface area contributed by atoms with E-state index in [4.69, 9.17) is 21.1 Å². The van der Waals surface area contributed by atoms with Gasteiger partial charge in [-0.15, -0.1) is 11.8 Å². The first-order valence-corrected chi connectivity index (χ1v) is 11.8. The second-order valence-electron chi connectivity index (χ2n) is 7.66. The van der Waals surface area contributed by atoms with E-state index >= 15 is 0 Å². The van der Waals surface area contributed by atoms with Gasteiger partial charge < -0.3 is 24.6 Å². The molecule has 1 atom stereocenters. The standard InChI is InChI=1S/C23H24ClN3O5S/c1-31-17-12-18(32-2)15(11-14(17)24)25-20(28)13-27-16-7-3-4-8-19(16)33-21(23(27)30)22(29)26-9-5-6-10-26/h3-4,7-8,11-12,21H,5-6,9-10,13H2,1-2H3,(H,25,28)/t21-/m0/s1. The quantitative estimate of drug-likeness (QED) is 0.625. The van der Waals surface area contributed by atoms with Crippen LogP contribution in [-0.2, 0) is 14.4 Å². The van der Waals surface area contributed by atoms with Crippen molar-refractivity contribution < 1.29 is 23.9 Å². The number of amides is 3. The number of ether oxygens (including phenoxy) is 2. The summed E-state index contributed by atoms with van der Waals surface area (Å²) in [6.45, 7) is 1.06. The highest BCUT2D eigenvalue weighted by molar-refractivity contribution is 8.01. The molecule has 10 heteroatoms. The van der Waals surface area contributed by atoms with Crippen LogP contribution in [0.2, 0.25) is 5.02 Å². The third-order valence-corrected chi connectivity index (χ3v) is 7.12. The van der Waals surface area contributed by atoms with Crippen LogP contribution in [0, 0.1) is 0 Å². The molecule has 0 spiro atoms. The number of para-hydroxylation sites is 1. The van der Waals surface area contributed by atoms with Crippen molar-refractivity contribution >= 4 is 52.5 Å². The highest BCUT2D eigenvalue weighted by atomic mass is 35.5. The van der Waals surface area contributed by atoms with Crippen LogP contribution in [0.15, 0.2) is 41.3 Å². The topological polar surface area (TPSA) is 88.2 Å². The van der Waals surface area contributed by atoms with Gasteiger partial charge in [0.1, 0.15) is 18.0 Å². The molecule has 2 aliphatic heterocycles. The molecule has 0 aromatic heterocycles. The SMILES string of the molecule is COc1cc(OC)c(NC(=O)CN2C(=O)[C@H](C(=O)N3CCCC3)Sc3ccccc32)cc1Cl. The van der Waals surface area contributed by atoms with Gasteiger partial charge in [0.2, 0.25) is 11.8 Å². The minimum atomic E-state index is -0.907. The molecule has 1 saturated heterocycles. The summed E-state index contributed by atoms with van der Waals surface area (Å²) in [6, 6.07) is 10.4. The van der Waals surface area contributed by atoms with Crippen molar-refractivity contribution in [2.75, 3.05) is 44.1 Å². The molecular weight excluding hydrogens is 466 g/mol. The maximum atomic E-state index is 13.4. The number of thioether (sulfide) groups is 1. The van der Waals surface area contributed by atoms with Crippen molar-refractivity contribution in [3.05, 3.63) is 41.4 Å². The predicted molar refractivity (Wildman–Crippen MR) is 127 cm³/mol. The van der Waals surface area contributed by atoms with Crippen LogP contribution in [0.1, 0.15) is 12.8 Å². The molecule has 0 bridgehead atoms. The smallest absolute Gasteiger partial charge is 0.250 e. The molecule has 2 aliphatic rings. The highest BCUT2D eigenvalue weighted by Crippen LogP contribution is 2.40. The monoisotopic (exact) mass is 489 g/mol. The molecule has 2 aromatic carbocycles. The molecule has 0 unspecified atom stereocenters. The lowest BCUT2D eigenvalue weighted by atomic mass is 10.2. The molecular formula is C23H24ClN3O5S. The van der Waals surface area contributed by atoms with E-state index in [0.717, 1.165) is 17.7 Å². The Morgan fingerprint density at radius 2 is 1.82 bits per heavy atom. The van der Waals surface area contributed by atoms with E-state index in [1.54, 1.807) is 23.1 Å². The molecule has 0 saturated carbocycles. The molecule has 1 N–H and O–H groups in total. The molecule has 8 nitrogen and oxygen atoms in total. The van der Waals surface area contributed by atoms with Crippen LogP contribution in [0.3, 0.4) is 0 Å². The molecule has 2 heterocycles. The van der Waals surface area contributed by atoms with Crippen molar-refractivity contribution in [2.24, 2.45) is 0 Å². The van der Waals surface area contributed by atoms with Gasteiger partial charge in [0.25, 0.3) is 5.91 Å².